The predicted molar refractivity (Wildman–Crippen MR) is 58.8 cm³/mol. The van der Waals surface area contributed by atoms with Gasteiger partial charge in [0.05, 0.1) is 5.69 Å². The Kier molecular flexibility index (Phi) is 2.41. The van der Waals surface area contributed by atoms with Crippen LogP contribution in [0.2, 0.25) is 0 Å². The number of nitrogens with one attached hydrogen (secondary N) is 2. The third-order valence-electron chi connectivity index (χ3n) is 2.43. The first-order chi connectivity index (χ1) is 6.65. The molecular formula is C9H14N4S. The van der Waals surface area contributed by atoms with Crippen molar-refractivity contribution in [3.8, 4) is 0 Å². The lowest BCUT2D eigenvalue weighted by Crippen LogP contribution is -2.20. The van der Waals surface area contributed by atoms with E-state index in [-0.39, 0.29) is 5.96 Å². The van der Waals surface area contributed by atoms with Gasteiger partial charge in [-0.1, -0.05) is 6.92 Å². The summed E-state index contributed by atoms with van der Waals surface area (Å²) in [5, 5.41) is 10.6. The standard InChI is InChI=1S/C9H14N4S/c1-5-2-3-6-7(4-5)14-9(12-6)13-8(10)11/h5H,2-4H2,1H3,(H4,10,11,12,13). The Morgan fingerprint density at radius 1 is 1.71 bits per heavy atom. The number of hydrogen-bond donors (Lipinski definition) is 3. The van der Waals surface area contributed by atoms with Gasteiger partial charge in [0.2, 0.25) is 0 Å². The van der Waals surface area contributed by atoms with Crippen LogP contribution in [0, 0.1) is 11.3 Å². The molecule has 1 heterocycles. The first-order valence-electron chi connectivity index (χ1n) is 4.75. The quantitative estimate of drug-likeness (QED) is 0.486. The molecule has 5 heteroatoms. The van der Waals surface area contributed by atoms with E-state index < -0.39 is 0 Å². The van der Waals surface area contributed by atoms with Crippen molar-refractivity contribution in [2.45, 2.75) is 26.2 Å². The van der Waals surface area contributed by atoms with Crippen molar-refractivity contribution in [3.05, 3.63) is 10.6 Å². The third-order valence-corrected chi connectivity index (χ3v) is 3.46. The van der Waals surface area contributed by atoms with Crippen molar-refractivity contribution in [1.82, 2.24) is 4.98 Å². The molecule has 4 N–H and O–H groups in total. The Morgan fingerprint density at radius 2 is 2.50 bits per heavy atom. The van der Waals surface area contributed by atoms with Crippen LogP contribution < -0.4 is 11.1 Å². The van der Waals surface area contributed by atoms with Crippen LogP contribution in [0.15, 0.2) is 0 Å². The molecule has 0 spiro atoms. The fourth-order valence-corrected chi connectivity index (χ4v) is 2.89. The highest BCUT2D eigenvalue weighted by atomic mass is 32.1. The smallest absolute Gasteiger partial charge is 0.192 e. The van der Waals surface area contributed by atoms with Crippen LogP contribution >= 0.6 is 11.3 Å². The summed E-state index contributed by atoms with van der Waals surface area (Å²) in [6.07, 6.45) is 3.40. The molecule has 1 aromatic rings. The molecule has 1 aliphatic carbocycles. The Balaban J connectivity index is 2.19. The van der Waals surface area contributed by atoms with E-state index in [9.17, 15) is 0 Å². The van der Waals surface area contributed by atoms with Crippen molar-refractivity contribution in [2.24, 2.45) is 11.7 Å². The average Bonchev–Trinajstić information content (AvgIpc) is 2.44. The Hall–Kier alpha value is -1.10. The number of aromatic nitrogens is 1. The van der Waals surface area contributed by atoms with Gasteiger partial charge in [-0.05, 0) is 25.2 Å². The Bertz CT molecular complexity index is 358. The normalized spacial score (nSPS) is 20.2. The Labute approximate surface area is 87.1 Å². The van der Waals surface area contributed by atoms with Crippen LogP contribution in [0.1, 0.15) is 23.9 Å². The number of thiazole rings is 1. The van der Waals surface area contributed by atoms with E-state index in [2.05, 4.69) is 17.2 Å². The number of rotatable bonds is 1. The van der Waals surface area contributed by atoms with Gasteiger partial charge in [0.1, 0.15) is 0 Å². The van der Waals surface area contributed by atoms with Gasteiger partial charge in [-0.2, -0.15) is 0 Å². The molecule has 0 aliphatic heterocycles. The molecule has 0 fully saturated rings. The molecule has 14 heavy (non-hydrogen) atoms. The number of anilines is 1. The van der Waals surface area contributed by atoms with Gasteiger partial charge in [-0.25, -0.2) is 4.98 Å². The predicted octanol–water partition coefficient (Wildman–Crippen LogP) is 1.57. The number of hydrogen-bond acceptors (Lipinski definition) is 3. The highest BCUT2D eigenvalue weighted by Gasteiger charge is 2.19. The second kappa shape index (κ2) is 3.57. The van der Waals surface area contributed by atoms with Crippen molar-refractivity contribution in [3.63, 3.8) is 0 Å². The summed E-state index contributed by atoms with van der Waals surface area (Å²) in [7, 11) is 0. The van der Waals surface area contributed by atoms with Crippen molar-refractivity contribution in [1.29, 1.82) is 5.41 Å². The summed E-state index contributed by atoms with van der Waals surface area (Å²) in [6, 6.07) is 0. The second-order valence-electron chi connectivity index (χ2n) is 3.78. The minimum atomic E-state index is -0.0378. The maximum atomic E-state index is 7.11. The molecule has 0 aromatic carbocycles. The van der Waals surface area contributed by atoms with E-state index in [0.29, 0.717) is 0 Å². The summed E-state index contributed by atoms with van der Waals surface area (Å²) in [5.74, 6) is 0.720. The largest absolute Gasteiger partial charge is 0.370 e. The Morgan fingerprint density at radius 3 is 3.21 bits per heavy atom. The molecule has 0 saturated carbocycles. The summed E-state index contributed by atoms with van der Waals surface area (Å²) in [5.41, 5.74) is 6.44. The number of nitrogens with two attached hydrogens (primary N) is 1. The lowest BCUT2D eigenvalue weighted by Gasteiger charge is -2.15. The number of fused-ring (bicyclic) bond motifs is 1. The summed E-state index contributed by atoms with van der Waals surface area (Å²) < 4.78 is 0. The van der Waals surface area contributed by atoms with Crippen LogP contribution in [0.4, 0.5) is 5.13 Å². The second-order valence-corrected chi connectivity index (χ2v) is 4.86. The summed E-state index contributed by atoms with van der Waals surface area (Å²) in [6.45, 7) is 2.26. The lowest BCUT2D eigenvalue weighted by atomic mass is 9.93. The highest BCUT2D eigenvalue weighted by Crippen LogP contribution is 2.31. The van der Waals surface area contributed by atoms with E-state index in [1.807, 2.05) is 0 Å². The van der Waals surface area contributed by atoms with Crippen LogP contribution in [-0.4, -0.2) is 10.9 Å². The fraction of sp³-hybridized carbons (Fsp3) is 0.556. The fourth-order valence-electron chi connectivity index (χ4n) is 1.71. The maximum absolute atomic E-state index is 7.11. The minimum Gasteiger partial charge on any atom is -0.370 e. The van der Waals surface area contributed by atoms with Gasteiger partial charge in [-0.3, -0.25) is 5.41 Å². The van der Waals surface area contributed by atoms with Gasteiger partial charge in [0.25, 0.3) is 0 Å². The van der Waals surface area contributed by atoms with Crippen LogP contribution in [0.3, 0.4) is 0 Å². The number of nitrogens with zero attached hydrogens (tertiary/aromatic N) is 1. The highest BCUT2D eigenvalue weighted by molar-refractivity contribution is 7.15. The average molecular weight is 210 g/mol. The summed E-state index contributed by atoms with van der Waals surface area (Å²) in [4.78, 5) is 5.77. The first kappa shape index (κ1) is 9.45. The zero-order chi connectivity index (χ0) is 10.1. The van der Waals surface area contributed by atoms with Gasteiger partial charge in [-0.15, -0.1) is 11.3 Å². The molecule has 1 atom stereocenters. The molecule has 0 amide bonds. The van der Waals surface area contributed by atoms with E-state index in [1.165, 1.54) is 17.0 Å². The summed E-state index contributed by atoms with van der Waals surface area (Å²) >= 11 is 1.62. The number of guanidine groups is 1. The molecular weight excluding hydrogens is 196 g/mol. The van der Waals surface area contributed by atoms with Crippen LogP contribution in [-0.2, 0) is 12.8 Å². The molecule has 2 rings (SSSR count). The van der Waals surface area contributed by atoms with E-state index >= 15 is 0 Å². The van der Waals surface area contributed by atoms with Gasteiger partial charge in [0.15, 0.2) is 11.1 Å². The first-order valence-corrected chi connectivity index (χ1v) is 5.56. The van der Waals surface area contributed by atoms with Crippen molar-refractivity contribution >= 4 is 22.4 Å². The molecule has 1 unspecified atom stereocenters. The zero-order valence-corrected chi connectivity index (χ0v) is 8.95. The van der Waals surface area contributed by atoms with Gasteiger partial charge in [0, 0.05) is 4.88 Å². The van der Waals surface area contributed by atoms with Gasteiger partial charge >= 0.3 is 0 Å². The zero-order valence-electron chi connectivity index (χ0n) is 8.13. The minimum absolute atomic E-state index is 0.0378. The maximum Gasteiger partial charge on any atom is 0.192 e. The molecule has 0 radical (unpaired) electrons. The van der Waals surface area contributed by atoms with E-state index in [4.69, 9.17) is 11.1 Å². The monoisotopic (exact) mass is 210 g/mol. The lowest BCUT2D eigenvalue weighted by molar-refractivity contribution is 0.502. The molecule has 76 valence electrons. The molecule has 1 aliphatic rings. The molecule has 0 saturated heterocycles. The van der Waals surface area contributed by atoms with Gasteiger partial charge < -0.3 is 11.1 Å². The molecule has 0 bridgehead atoms. The van der Waals surface area contributed by atoms with Crippen molar-refractivity contribution in [2.75, 3.05) is 5.32 Å². The molecule has 1 aromatic heterocycles. The third kappa shape index (κ3) is 1.87. The number of aryl methyl sites for hydroxylation is 1. The molecule has 4 nitrogen and oxygen atoms in total. The van der Waals surface area contributed by atoms with Crippen LogP contribution in [0.25, 0.3) is 0 Å². The van der Waals surface area contributed by atoms with E-state index in [1.54, 1.807) is 11.3 Å². The van der Waals surface area contributed by atoms with E-state index in [0.717, 1.165) is 23.9 Å². The SMILES string of the molecule is CC1CCc2nc(NC(=N)N)sc2C1. The van der Waals surface area contributed by atoms with Crippen molar-refractivity contribution < 1.29 is 0 Å². The van der Waals surface area contributed by atoms with Crippen LogP contribution in [0.5, 0.6) is 0 Å². The topological polar surface area (TPSA) is 74.8 Å².